The van der Waals surface area contributed by atoms with Crippen molar-refractivity contribution >= 4 is 40.0 Å². The quantitative estimate of drug-likeness (QED) is 0.363. The average Bonchev–Trinajstić information content (AvgIpc) is 2.84. The van der Waals surface area contributed by atoms with Gasteiger partial charge in [-0.2, -0.15) is 5.26 Å². The first-order chi connectivity index (χ1) is 16.7. The second-order valence-corrected chi connectivity index (χ2v) is 8.02. The van der Waals surface area contributed by atoms with Crippen LogP contribution in [0.25, 0.3) is 22.0 Å². The SMILES string of the molecule is Cn1c(=O)c(C#N)c2c3c(c(Nc4cc(C(=O)O)cc(C(=O)O)c4)ccc31)C(=O)c1ccccc1-2. The second kappa shape index (κ2) is 7.67. The zero-order chi connectivity index (χ0) is 25.0. The normalized spacial score (nSPS) is 11.6. The number of nitrogens with zero attached hydrogens (tertiary/aromatic N) is 2. The number of hydrogen-bond donors (Lipinski definition) is 3. The van der Waals surface area contributed by atoms with Crippen molar-refractivity contribution in [1.82, 2.24) is 4.57 Å². The van der Waals surface area contributed by atoms with Gasteiger partial charge in [-0.1, -0.05) is 24.3 Å². The zero-order valence-electron chi connectivity index (χ0n) is 18.1. The zero-order valence-corrected chi connectivity index (χ0v) is 18.1. The van der Waals surface area contributed by atoms with Crippen molar-refractivity contribution in [3.8, 4) is 17.2 Å². The molecule has 0 saturated heterocycles. The summed E-state index contributed by atoms with van der Waals surface area (Å²) in [6, 6.07) is 15.4. The van der Waals surface area contributed by atoms with Crippen molar-refractivity contribution in [2.45, 2.75) is 0 Å². The molecule has 0 bridgehead atoms. The highest BCUT2D eigenvalue weighted by molar-refractivity contribution is 6.28. The van der Waals surface area contributed by atoms with Crippen LogP contribution < -0.4 is 10.9 Å². The monoisotopic (exact) mass is 465 g/mol. The Hall–Kier alpha value is -5.23. The Morgan fingerprint density at radius 1 is 0.914 bits per heavy atom. The smallest absolute Gasteiger partial charge is 0.335 e. The average molecular weight is 465 g/mol. The number of hydrogen-bond acceptors (Lipinski definition) is 6. The van der Waals surface area contributed by atoms with Gasteiger partial charge in [0.05, 0.1) is 27.9 Å². The van der Waals surface area contributed by atoms with Crippen molar-refractivity contribution in [3.63, 3.8) is 0 Å². The van der Waals surface area contributed by atoms with E-state index in [9.17, 15) is 34.7 Å². The van der Waals surface area contributed by atoms with Crippen LogP contribution in [0.2, 0.25) is 0 Å². The van der Waals surface area contributed by atoms with E-state index in [-0.39, 0.29) is 39.4 Å². The van der Waals surface area contributed by atoms with Crippen LogP contribution in [-0.2, 0) is 7.05 Å². The van der Waals surface area contributed by atoms with E-state index < -0.39 is 17.5 Å². The van der Waals surface area contributed by atoms with Gasteiger partial charge in [-0.05, 0) is 35.9 Å². The maximum Gasteiger partial charge on any atom is 0.335 e. The van der Waals surface area contributed by atoms with E-state index in [2.05, 4.69) is 5.32 Å². The summed E-state index contributed by atoms with van der Waals surface area (Å²) >= 11 is 0. The van der Waals surface area contributed by atoms with Crippen LogP contribution in [0.3, 0.4) is 0 Å². The lowest BCUT2D eigenvalue weighted by Gasteiger charge is -2.24. The number of aromatic nitrogens is 1. The summed E-state index contributed by atoms with van der Waals surface area (Å²) < 4.78 is 1.31. The third-order valence-electron chi connectivity index (χ3n) is 6.05. The van der Waals surface area contributed by atoms with Gasteiger partial charge < -0.3 is 20.1 Å². The number of benzene rings is 3. The number of aryl methyl sites for hydroxylation is 1. The van der Waals surface area contributed by atoms with Crippen LogP contribution in [0.15, 0.2) is 59.4 Å². The number of anilines is 2. The first kappa shape index (κ1) is 21.6. The maximum atomic E-state index is 13.7. The molecular weight excluding hydrogens is 450 g/mol. The second-order valence-electron chi connectivity index (χ2n) is 8.02. The number of carboxylic acid groups (broad SMARTS) is 2. The molecule has 9 heteroatoms. The standard InChI is InChI=1S/C26H15N3O6/c1-29-19-7-6-18(28-14-9-12(25(32)33)8-13(10-14)26(34)35)21-22(19)20(17(11-27)24(29)31)15-4-2-3-5-16(15)23(21)30/h2-10,28H,1H3,(H,32,33)(H,34,35). The lowest BCUT2D eigenvalue weighted by molar-refractivity contribution is 0.0696. The molecule has 0 aliphatic heterocycles. The predicted molar refractivity (Wildman–Crippen MR) is 126 cm³/mol. The van der Waals surface area contributed by atoms with Crippen molar-refractivity contribution in [3.05, 3.63) is 92.8 Å². The Kier molecular flexibility index (Phi) is 4.74. The van der Waals surface area contributed by atoms with Crippen molar-refractivity contribution in [1.29, 1.82) is 5.26 Å². The summed E-state index contributed by atoms with van der Waals surface area (Å²) in [5.41, 5.74) is 1.13. The molecule has 0 spiro atoms. The van der Waals surface area contributed by atoms with Crippen LogP contribution in [0, 0.1) is 11.3 Å². The van der Waals surface area contributed by atoms with Crippen LogP contribution >= 0.6 is 0 Å². The number of carboxylic acids is 2. The minimum absolute atomic E-state index is 0.0978. The molecule has 170 valence electrons. The molecule has 35 heavy (non-hydrogen) atoms. The fourth-order valence-corrected chi connectivity index (χ4v) is 4.48. The molecule has 0 amide bonds. The molecule has 0 fully saturated rings. The van der Waals surface area contributed by atoms with E-state index in [1.807, 2.05) is 6.07 Å². The summed E-state index contributed by atoms with van der Waals surface area (Å²) in [5.74, 6) is -2.97. The molecular formula is C26H15N3O6. The summed E-state index contributed by atoms with van der Waals surface area (Å²) in [7, 11) is 1.51. The number of fused-ring (bicyclic) bond motifs is 2. The molecule has 5 rings (SSSR count). The molecule has 1 aliphatic carbocycles. The molecule has 1 heterocycles. The van der Waals surface area contributed by atoms with E-state index in [4.69, 9.17) is 0 Å². The van der Waals surface area contributed by atoms with Crippen molar-refractivity contribution < 1.29 is 24.6 Å². The highest BCUT2D eigenvalue weighted by Gasteiger charge is 2.31. The number of aromatic carboxylic acids is 2. The van der Waals surface area contributed by atoms with E-state index in [0.29, 0.717) is 27.6 Å². The first-order valence-corrected chi connectivity index (χ1v) is 10.4. The van der Waals surface area contributed by atoms with Gasteiger partial charge in [0.1, 0.15) is 11.6 Å². The third kappa shape index (κ3) is 3.16. The van der Waals surface area contributed by atoms with E-state index in [1.54, 1.807) is 36.4 Å². The lowest BCUT2D eigenvalue weighted by Crippen LogP contribution is -2.24. The largest absolute Gasteiger partial charge is 0.478 e. The van der Waals surface area contributed by atoms with E-state index in [1.165, 1.54) is 23.7 Å². The van der Waals surface area contributed by atoms with Gasteiger partial charge in [-0.3, -0.25) is 9.59 Å². The number of nitrogens with one attached hydrogen (secondary N) is 1. The van der Waals surface area contributed by atoms with Crippen LogP contribution in [0.4, 0.5) is 11.4 Å². The molecule has 9 nitrogen and oxygen atoms in total. The lowest BCUT2D eigenvalue weighted by atomic mass is 9.81. The van der Waals surface area contributed by atoms with E-state index >= 15 is 0 Å². The van der Waals surface area contributed by atoms with Gasteiger partial charge >= 0.3 is 11.9 Å². The number of carbonyl (C=O) groups excluding carboxylic acids is 1. The topological polar surface area (TPSA) is 149 Å². The number of rotatable bonds is 4. The van der Waals surface area contributed by atoms with Gasteiger partial charge in [0.15, 0.2) is 5.78 Å². The minimum atomic E-state index is -1.31. The highest BCUT2D eigenvalue weighted by Crippen LogP contribution is 2.43. The summed E-state index contributed by atoms with van der Waals surface area (Å²) in [5, 5.41) is 32.0. The van der Waals surface area contributed by atoms with Gasteiger partial charge in [0.25, 0.3) is 5.56 Å². The molecule has 1 aromatic heterocycles. The van der Waals surface area contributed by atoms with Gasteiger partial charge in [0.2, 0.25) is 0 Å². The van der Waals surface area contributed by atoms with Gasteiger partial charge in [-0.15, -0.1) is 0 Å². The molecule has 3 N–H and O–H groups in total. The van der Waals surface area contributed by atoms with Crippen molar-refractivity contribution in [2.75, 3.05) is 5.32 Å². The number of nitriles is 1. The molecule has 0 saturated carbocycles. The molecule has 1 aliphatic rings. The Balaban J connectivity index is 1.85. The number of ketones is 1. The van der Waals surface area contributed by atoms with Crippen LogP contribution in [-0.4, -0.2) is 32.5 Å². The third-order valence-corrected chi connectivity index (χ3v) is 6.05. The summed E-state index contributed by atoms with van der Waals surface area (Å²) in [6.45, 7) is 0. The van der Waals surface area contributed by atoms with Gasteiger partial charge in [0, 0.05) is 29.2 Å². The summed E-state index contributed by atoms with van der Waals surface area (Å²) in [6.07, 6.45) is 0. The summed E-state index contributed by atoms with van der Waals surface area (Å²) in [4.78, 5) is 49.6. The first-order valence-electron chi connectivity index (χ1n) is 10.4. The maximum absolute atomic E-state index is 13.7. The molecule has 0 atom stereocenters. The molecule has 4 aromatic rings. The molecule has 0 radical (unpaired) electrons. The molecule has 0 unspecified atom stereocenters. The number of carbonyl (C=O) groups is 3. The van der Waals surface area contributed by atoms with Crippen LogP contribution in [0.1, 0.15) is 42.2 Å². The Morgan fingerprint density at radius 3 is 2.14 bits per heavy atom. The minimum Gasteiger partial charge on any atom is -0.478 e. The van der Waals surface area contributed by atoms with Crippen molar-refractivity contribution in [2.24, 2.45) is 7.05 Å². The Bertz CT molecular complexity index is 1710. The molecule has 3 aromatic carbocycles. The van der Waals surface area contributed by atoms with E-state index in [0.717, 1.165) is 6.07 Å². The van der Waals surface area contributed by atoms with Gasteiger partial charge in [-0.25, -0.2) is 9.59 Å². The fourth-order valence-electron chi connectivity index (χ4n) is 4.48. The predicted octanol–water partition coefficient (Wildman–Crippen LogP) is 3.76. The van der Waals surface area contributed by atoms with Crippen LogP contribution in [0.5, 0.6) is 0 Å². The number of pyridine rings is 1. The highest BCUT2D eigenvalue weighted by atomic mass is 16.4. The Morgan fingerprint density at radius 2 is 1.54 bits per heavy atom. The fraction of sp³-hybridized carbons (Fsp3) is 0.0385. The Labute approximate surface area is 197 Å².